The second-order valence-electron chi connectivity index (χ2n) is 4.62. The van der Waals surface area contributed by atoms with E-state index in [1.54, 1.807) is 23.1 Å². The van der Waals surface area contributed by atoms with Crippen LogP contribution >= 0.6 is 27.5 Å². The quantitative estimate of drug-likeness (QED) is 0.626. The Morgan fingerprint density at radius 2 is 2.32 bits per heavy atom. The number of halogens is 2. The summed E-state index contributed by atoms with van der Waals surface area (Å²) in [7, 11) is 0. The lowest BCUT2D eigenvalue weighted by atomic mass is 9.97. The summed E-state index contributed by atoms with van der Waals surface area (Å²) in [5, 5.41) is 12.7. The Morgan fingerprint density at radius 3 is 2.89 bits per heavy atom. The van der Waals surface area contributed by atoms with Crippen LogP contribution < -0.4 is 0 Å². The van der Waals surface area contributed by atoms with Gasteiger partial charge >= 0.3 is 0 Å². The Kier molecular flexibility index (Phi) is 4.47. The number of benzene rings is 1. The molecule has 1 saturated heterocycles. The van der Waals surface area contributed by atoms with E-state index in [-0.39, 0.29) is 11.8 Å². The molecule has 1 amide bonds. The standard InChI is InChI=1S/C13H14BrClN2O2/c1-8-7-17(5-4-12(8)16-19)13(18)9-2-3-11(15)10(14)6-9/h2-3,6,8,19H,4-5,7H2,1H3/b16-12+. The van der Waals surface area contributed by atoms with E-state index in [0.29, 0.717) is 34.6 Å². The van der Waals surface area contributed by atoms with Crippen LogP contribution in [0.3, 0.4) is 0 Å². The molecule has 1 fully saturated rings. The molecule has 0 saturated carbocycles. The lowest BCUT2D eigenvalue weighted by Gasteiger charge is -2.31. The molecule has 19 heavy (non-hydrogen) atoms. The highest BCUT2D eigenvalue weighted by Crippen LogP contribution is 2.24. The van der Waals surface area contributed by atoms with Gasteiger partial charge in [0.25, 0.3) is 5.91 Å². The van der Waals surface area contributed by atoms with Crippen molar-refractivity contribution in [1.29, 1.82) is 0 Å². The molecular weight excluding hydrogens is 332 g/mol. The van der Waals surface area contributed by atoms with E-state index < -0.39 is 0 Å². The van der Waals surface area contributed by atoms with E-state index in [2.05, 4.69) is 21.1 Å². The third-order valence-corrected chi connectivity index (χ3v) is 4.50. The third kappa shape index (κ3) is 3.09. The largest absolute Gasteiger partial charge is 0.411 e. The monoisotopic (exact) mass is 344 g/mol. The SMILES string of the molecule is CC1CN(C(=O)c2ccc(Cl)c(Br)c2)CC/C1=N\O. The Hall–Kier alpha value is -1.07. The predicted molar refractivity (Wildman–Crippen MR) is 78.1 cm³/mol. The van der Waals surface area contributed by atoms with Crippen LogP contribution in [-0.4, -0.2) is 34.8 Å². The minimum absolute atomic E-state index is 0.0267. The smallest absolute Gasteiger partial charge is 0.253 e. The number of rotatable bonds is 1. The van der Waals surface area contributed by atoms with Crippen LogP contribution in [0.1, 0.15) is 23.7 Å². The van der Waals surface area contributed by atoms with Gasteiger partial charge in [-0.05, 0) is 34.1 Å². The molecule has 0 radical (unpaired) electrons. The number of hydrogen-bond donors (Lipinski definition) is 1. The van der Waals surface area contributed by atoms with Crippen LogP contribution in [0, 0.1) is 5.92 Å². The van der Waals surface area contributed by atoms with Crippen LogP contribution in [-0.2, 0) is 0 Å². The van der Waals surface area contributed by atoms with Gasteiger partial charge < -0.3 is 10.1 Å². The van der Waals surface area contributed by atoms with Gasteiger partial charge in [0.05, 0.1) is 10.7 Å². The highest BCUT2D eigenvalue weighted by atomic mass is 79.9. The molecule has 1 atom stereocenters. The molecule has 1 aromatic rings. The summed E-state index contributed by atoms with van der Waals surface area (Å²) >= 11 is 9.23. The minimum Gasteiger partial charge on any atom is -0.411 e. The number of piperidine rings is 1. The van der Waals surface area contributed by atoms with Crippen molar-refractivity contribution in [3.8, 4) is 0 Å². The number of oxime groups is 1. The fraction of sp³-hybridized carbons (Fsp3) is 0.385. The number of carbonyl (C=O) groups excluding carboxylic acids is 1. The molecule has 1 heterocycles. The van der Waals surface area contributed by atoms with E-state index in [9.17, 15) is 4.79 Å². The maximum absolute atomic E-state index is 12.4. The van der Waals surface area contributed by atoms with Crippen LogP contribution in [0.15, 0.2) is 27.8 Å². The first-order valence-corrected chi connectivity index (χ1v) is 7.15. The number of likely N-dealkylation sites (tertiary alicyclic amines) is 1. The fourth-order valence-corrected chi connectivity index (χ4v) is 2.66. The second-order valence-corrected chi connectivity index (χ2v) is 5.88. The van der Waals surface area contributed by atoms with Gasteiger partial charge in [0.1, 0.15) is 0 Å². The van der Waals surface area contributed by atoms with Gasteiger partial charge in [0.2, 0.25) is 0 Å². The fourth-order valence-electron chi connectivity index (χ4n) is 2.17. The molecule has 1 N–H and O–H groups in total. The minimum atomic E-state index is -0.0267. The summed E-state index contributed by atoms with van der Waals surface area (Å²) in [6.07, 6.45) is 0.609. The van der Waals surface area contributed by atoms with Crippen LogP contribution in [0.2, 0.25) is 5.02 Å². The first-order valence-electron chi connectivity index (χ1n) is 5.98. The predicted octanol–water partition coefficient (Wildman–Crippen LogP) is 3.41. The summed E-state index contributed by atoms with van der Waals surface area (Å²) < 4.78 is 0.711. The molecule has 1 aliphatic heterocycles. The summed E-state index contributed by atoms with van der Waals surface area (Å²) in [5.41, 5.74) is 1.36. The normalized spacial score (nSPS) is 21.7. The molecule has 4 nitrogen and oxygen atoms in total. The Labute approximate surface area is 125 Å². The lowest BCUT2D eigenvalue weighted by molar-refractivity contribution is 0.0734. The van der Waals surface area contributed by atoms with E-state index in [4.69, 9.17) is 16.8 Å². The van der Waals surface area contributed by atoms with Crippen molar-refractivity contribution in [1.82, 2.24) is 4.90 Å². The van der Waals surface area contributed by atoms with Gasteiger partial charge in [-0.15, -0.1) is 0 Å². The summed E-state index contributed by atoms with van der Waals surface area (Å²) in [6, 6.07) is 5.15. The van der Waals surface area contributed by atoms with Crippen LogP contribution in [0.5, 0.6) is 0 Å². The first-order chi connectivity index (χ1) is 9.02. The Balaban J connectivity index is 2.14. The van der Waals surface area contributed by atoms with E-state index in [1.807, 2.05) is 6.92 Å². The molecule has 2 rings (SSSR count). The maximum atomic E-state index is 12.4. The van der Waals surface area contributed by atoms with E-state index >= 15 is 0 Å². The molecular formula is C13H14BrClN2O2. The van der Waals surface area contributed by atoms with Crippen molar-refractivity contribution < 1.29 is 10.0 Å². The second kappa shape index (κ2) is 5.92. The highest BCUT2D eigenvalue weighted by Gasteiger charge is 2.26. The molecule has 0 aromatic heterocycles. The van der Waals surface area contributed by atoms with Crippen molar-refractivity contribution in [2.75, 3.05) is 13.1 Å². The first kappa shape index (κ1) is 14.3. The Bertz CT molecular complexity index is 533. The zero-order chi connectivity index (χ0) is 14.0. The van der Waals surface area contributed by atoms with Gasteiger partial charge in [-0.25, -0.2) is 0 Å². The third-order valence-electron chi connectivity index (χ3n) is 3.28. The zero-order valence-corrected chi connectivity index (χ0v) is 12.8. The van der Waals surface area contributed by atoms with Crippen molar-refractivity contribution in [2.24, 2.45) is 11.1 Å². The van der Waals surface area contributed by atoms with E-state index in [0.717, 1.165) is 5.71 Å². The molecule has 102 valence electrons. The number of carbonyl (C=O) groups is 1. The number of nitrogens with zero attached hydrogens (tertiary/aromatic N) is 2. The van der Waals surface area contributed by atoms with Gasteiger partial charge in [-0.3, -0.25) is 4.79 Å². The van der Waals surface area contributed by atoms with Gasteiger partial charge in [-0.2, -0.15) is 0 Å². The van der Waals surface area contributed by atoms with Crippen molar-refractivity contribution in [3.63, 3.8) is 0 Å². The van der Waals surface area contributed by atoms with E-state index in [1.165, 1.54) is 0 Å². The molecule has 0 spiro atoms. The zero-order valence-electron chi connectivity index (χ0n) is 10.4. The summed E-state index contributed by atoms with van der Waals surface area (Å²) in [5.74, 6) is 0.0552. The summed E-state index contributed by atoms with van der Waals surface area (Å²) in [6.45, 7) is 3.09. The van der Waals surface area contributed by atoms with Crippen molar-refractivity contribution in [2.45, 2.75) is 13.3 Å². The van der Waals surface area contributed by atoms with Crippen LogP contribution in [0.25, 0.3) is 0 Å². The molecule has 1 aromatic carbocycles. The average molecular weight is 346 g/mol. The average Bonchev–Trinajstić information content (AvgIpc) is 2.41. The lowest BCUT2D eigenvalue weighted by Crippen LogP contribution is -2.43. The maximum Gasteiger partial charge on any atom is 0.253 e. The van der Waals surface area contributed by atoms with Crippen molar-refractivity contribution in [3.05, 3.63) is 33.3 Å². The van der Waals surface area contributed by atoms with Crippen molar-refractivity contribution >= 4 is 39.1 Å². The van der Waals surface area contributed by atoms with Crippen LogP contribution in [0.4, 0.5) is 0 Å². The summed E-state index contributed by atoms with van der Waals surface area (Å²) in [4.78, 5) is 14.1. The molecule has 0 bridgehead atoms. The number of hydrogen-bond acceptors (Lipinski definition) is 3. The van der Waals surface area contributed by atoms with Gasteiger partial charge in [0.15, 0.2) is 0 Å². The number of amides is 1. The topological polar surface area (TPSA) is 52.9 Å². The molecule has 1 aliphatic rings. The van der Waals surface area contributed by atoms with Gasteiger partial charge in [-0.1, -0.05) is 23.7 Å². The Morgan fingerprint density at radius 1 is 1.58 bits per heavy atom. The highest BCUT2D eigenvalue weighted by molar-refractivity contribution is 9.10. The molecule has 6 heteroatoms. The molecule has 0 aliphatic carbocycles. The van der Waals surface area contributed by atoms with Gasteiger partial charge in [0, 0.05) is 35.5 Å². The molecule has 1 unspecified atom stereocenters.